The van der Waals surface area contributed by atoms with E-state index in [1.165, 1.54) is 29.8 Å². The Kier molecular flexibility index (Phi) is 7.66. The van der Waals surface area contributed by atoms with Crippen LogP contribution in [0.3, 0.4) is 0 Å². The fourth-order valence-electron chi connectivity index (χ4n) is 6.01. The first-order chi connectivity index (χ1) is 20.0. The fourth-order valence-corrected chi connectivity index (χ4v) is 6.01. The molecule has 4 aromatic carbocycles. The number of nitrogens with one attached hydrogen (secondary N) is 2. The number of nitrogens with zero attached hydrogens (tertiary/aromatic N) is 1. The summed E-state index contributed by atoms with van der Waals surface area (Å²) >= 11 is 0. The number of hydrogen-bond donors (Lipinski definition) is 2. The van der Waals surface area contributed by atoms with Crippen molar-refractivity contribution in [1.29, 1.82) is 0 Å². The molecule has 208 valence electrons. The molecule has 0 bridgehead atoms. The summed E-state index contributed by atoms with van der Waals surface area (Å²) in [5.74, 6) is -0.206. The number of aromatic nitrogens is 1. The van der Waals surface area contributed by atoms with Crippen molar-refractivity contribution in [2.75, 3.05) is 13.1 Å². The van der Waals surface area contributed by atoms with Crippen LogP contribution in [0.25, 0.3) is 33.2 Å². The third-order valence-electron chi connectivity index (χ3n) is 8.25. The highest BCUT2D eigenvalue weighted by molar-refractivity contribution is 6.10. The molecule has 4 nitrogen and oxygen atoms in total. The number of aromatic amines is 1. The topological polar surface area (TPSA) is 48.1 Å². The third kappa shape index (κ3) is 5.79. The number of rotatable bonds is 8. The predicted molar refractivity (Wildman–Crippen MR) is 160 cm³/mol. The van der Waals surface area contributed by atoms with Crippen LogP contribution in [-0.4, -0.2) is 34.9 Å². The molecule has 2 N–H and O–H groups in total. The van der Waals surface area contributed by atoms with Crippen molar-refractivity contribution < 1.29 is 13.6 Å². The van der Waals surface area contributed by atoms with Crippen molar-refractivity contribution in [3.63, 3.8) is 0 Å². The zero-order valence-electron chi connectivity index (χ0n) is 23.0. The molecular weight excluding hydrogens is 516 g/mol. The van der Waals surface area contributed by atoms with Gasteiger partial charge in [0.05, 0.1) is 0 Å². The van der Waals surface area contributed by atoms with Crippen molar-refractivity contribution >= 4 is 16.8 Å². The molecule has 1 fully saturated rings. The highest BCUT2D eigenvalue weighted by atomic mass is 19.1. The van der Waals surface area contributed by atoms with Crippen molar-refractivity contribution in [1.82, 2.24) is 15.2 Å². The molecule has 1 saturated heterocycles. The number of amides is 1. The van der Waals surface area contributed by atoms with Crippen LogP contribution in [0, 0.1) is 17.6 Å². The van der Waals surface area contributed by atoms with Crippen LogP contribution in [0.2, 0.25) is 0 Å². The Labute approximate surface area is 239 Å². The van der Waals surface area contributed by atoms with E-state index in [9.17, 15) is 13.6 Å². The van der Waals surface area contributed by atoms with Gasteiger partial charge in [-0.2, -0.15) is 0 Å². The first-order valence-corrected chi connectivity index (χ1v) is 14.2. The molecule has 41 heavy (non-hydrogen) atoms. The van der Waals surface area contributed by atoms with Gasteiger partial charge in [-0.1, -0.05) is 80.1 Å². The summed E-state index contributed by atoms with van der Waals surface area (Å²) in [6.45, 7) is 4.65. The van der Waals surface area contributed by atoms with Gasteiger partial charge in [0.1, 0.15) is 17.3 Å². The molecule has 0 spiro atoms. The Morgan fingerprint density at radius 2 is 1.54 bits per heavy atom. The van der Waals surface area contributed by atoms with E-state index in [-0.39, 0.29) is 23.6 Å². The van der Waals surface area contributed by atoms with E-state index < -0.39 is 0 Å². The lowest BCUT2D eigenvalue weighted by molar-refractivity contribution is 0.0936. The molecule has 5 aromatic rings. The molecule has 6 rings (SSSR count). The summed E-state index contributed by atoms with van der Waals surface area (Å²) in [5.41, 5.74) is 5.78. The van der Waals surface area contributed by atoms with E-state index in [1.807, 2.05) is 24.3 Å². The molecule has 0 saturated carbocycles. The smallest absolute Gasteiger partial charge is 0.268 e. The highest BCUT2D eigenvalue weighted by Crippen LogP contribution is 2.35. The van der Waals surface area contributed by atoms with Gasteiger partial charge in [0.25, 0.3) is 5.91 Å². The number of halogens is 2. The van der Waals surface area contributed by atoms with Crippen molar-refractivity contribution in [3.05, 3.63) is 120 Å². The molecule has 0 aliphatic carbocycles. The van der Waals surface area contributed by atoms with Crippen LogP contribution in [0.5, 0.6) is 0 Å². The maximum Gasteiger partial charge on any atom is 0.268 e. The van der Waals surface area contributed by atoms with E-state index in [1.54, 1.807) is 24.3 Å². The number of H-pyrrole nitrogens is 1. The van der Waals surface area contributed by atoms with Gasteiger partial charge < -0.3 is 10.3 Å². The second-order valence-corrected chi connectivity index (χ2v) is 10.9. The zero-order valence-corrected chi connectivity index (χ0v) is 23.0. The third-order valence-corrected chi connectivity index (χ3v) is 8.25. The Morgan fingerprint density at radius 3 is 2.22 bits per heavy atom. The maximum absolute atomic E-state index is 13.8. The number of carbonyl (C=O) groups excluding carboxylic acids is 1. The second kappa shape index (κ2) is 11.7. The summed E-state index contributed by atoms with van der Waals surface area (Å²) in [6, 6.07) is 29.2. The second-order valence-electron chi connectivity index (χ2n) is 10.9. The van der Waals surface area contributed by atoms with Gasteiger partial charge >= 0.3 is 0 Å². The van der Waals surface area contributed by atoms with Crippen molar-refractivity contribution in [2.45, 2.75) is 32.4 Å². The first kappa shape index (κ1) is 26.9. The summed E-state index contributed by atoms with van der Waals surface area (Å²) in [6.07, 6.45) is 2.16. The maximum atomic E-state index is 13.8. The van der Waals surface area contributed by atoms with Crippen molar-refractivity contribution in [2.24, 2.45) is 5.92 Å². The molecule has 1 amide bonds. The van der Waals surface area contributed by atoms with E-state index >= 15 is 0 Å². The Bertz CT molecular complexity index is 1650. The monoisotopic (exact) mass is 549 g/mol. The van der Waals surface area contributed by atoms with Crippen LogP contribution in [0.15, 0.2) is 97.1 Å². The van der Waals surface area contributed by atoms with Crippen LogP contribution in [0.1, 0.15) is 35.8 Å². The van der Waals surface area contributed by atoms with E-state index in [0.717, 1.165) is 59.1 Å². The van der Waals surface area contributed by atoms with Crippen LogP contribution >= 0.6 is 0 Å². The van der Waals surface area contributed by atoms with Gasteiger partial charge in [-0.25, -0.2) is 8.78 Å². The summed E-state index contributed by atoms with van der Waals surface area (Å²) in [7, 11) is 0. The molecule has 0 radical (unpaired) electrons. The Balaban J connectivity index is 1.29. The Hall–Kier alpha value is -4.29. The minimum atomic E-state index is -0.330. The van der Waals surface area contributed by atoms with Crippen LogP contribution in [-0.2, 0) is 6.54 Å². The molecular formula is C35H33F2N3O. The number of benzene rings is 4. The summed E-state index contributed by atoms with van der Waals surface area (Å²) in [4.78, 5) is 19.6. The summed E-state index contributed by atoms with van der Waals surface area (Å²) in [5, 5.41) is 4.07. The van der Waals surface area contributed by atoms with Gasteiger partial charge in [0, 0.05) is 42.1 Å². The lowest BCUT2D eigenvalue weighted by Gasteiger charge is -2.24. The van der Waals surface area contributed by atoms with E-state index in [4.69, 9.17) is 0 Å². The standard InChI is InChI=1S/C35H33F2N3O/c1-2-23-18-30(40(21-23)22-24-6-4-3-5-7-24)20-38-35(41)34-33(26-10-15-29(37)16-11-26)31-17-12-27(19-32(31)39-34)25-8-13-28(36)14-9-25/h3-17,19,23,30,39H,2,18,20-22H2,1H3,(H,38,41)/t23-,30-/m0/s1. The minimum Gasteiger partial charge on any atom is -0.350 e. The number of fused-ring (bicyclic) bond motifs is 1. The van der Waals surface area contributed by atoms with Gasteiger partial charge in [-0.05, 0) is 64.9 Å². The first-order valence-electron chi connectivity index (χ1n) is 14.2. The quantitative estimate of drug-likeness (QED) is 0.207. The average molecular weight is 550 g/mol. The van der Waals surface area contributed by atoms with Crippen LogP contribution < -0.4 is 5.32 Å². The van der Waals surface area contributed by atoms with E-state index in [0.29, 0.717) is 18.2 Å². The molecule has 1 aromatic heterocycles. The van der Waals surface area contributed by atoms with Gasteiger partial charge in [0.2, 0.25) is 0 Å². The van der Waals surface area contributed by atoms with Gasteiger partial charge in [0.15, 0.2) is 0 Å². The average Bonchev–Trinajstić information content (AvgIpc) is 3.58. The van der Waals surface area contributed by atoms with Gasteiger partial charge in [-0.3, -0.25) is 9.69 Å². The molecule has 1 aliphatic heterocycles. The van der Waals surface area contributed by atoms with Gasteiger partial charge in [-0.15, -0.1) is 0 Å². The summed E-state index contributed by atoms with van der Waals surface area (Å²) < 4.78 is 27.3. The van der Waals surface area contributed by atoms with Crippen LogP contribution in [0.4, 0.5) is 8.78 Å². The number of likely N-dealkylation sites (tertiary alicyclic amines) is 1. The zero-order chi connectivity index (χ0) is 28.3. The number of hydrogen-bond acceptors (Lipinski definition) is 2. The normalized spacial score (nSPS) is 17.2. The SMILES string of the molecule is CC[C@H]1C[C@@H](CNC(=O)c2[nH]c3cc(-c4ccc(F)cc4)ccc3c2-c2ccc(F)cc2)N(Cc2ccccc2)C1. The highest BCUT2D eigenvalue weighted by Gasteiger charge is 2.31. The van der Waals surface area contributed by atoms with E-state index in [2.05, 4.69) is 46.4 Å². The van der Waals surface area contributed by atoms with Crippen molar-refractivity contribution in [3.8, 4) is 22.3 Å². The minimum absolute atomic E-state index is 0.191. The molecule has 2 heterocycles. The lowest BCUT2D eigenvalue weighted by Crippen LogP contribution is -2.40. The fraction of sp³-hybridized carbons (Fsp3) is 0.229. The Morgan fingerprint density at radius 1 is 0.878 bits per heavy atom. The predicted octanol–water partition coefficient (Wildman–Crippen LogP) is 7.81. The molecule has 6 heteroatoms. The molecule has 0 unspecified atom stereocenters. The largest absolute Gasteiger partial charge is 0.350 e. The molecule has 2 atom stereocenters. The number of carbonyl (C=O) groups is 1. The molecule has 1 aliphatic rings. The lowest BCUT2D eigenvalue weighted by atomic mass is 9.99.